The van der Waals surface area contributed by atoms with Crippen LogP contribution in [0.2, 0.25) is 5.02 Å². The molecule has 1 aliphatic rings. The van der Waals surface area contributed by atoms with E-state index >= 15 is 0 Å². The number of ether oxygens (including phenoxy) is 3. The lowest BCUT2D eigenvalue weighted by atomic mass is 9.97. The second kappa shape index (κ2) is 9.18. The average Bonchev–Trinajstić information content (AvgIpc) is 3.08. The monoisotopic (exact) mass is 443 g/mol. The van der Waals surface area contributed by atoms with Gasteiger partial charge in [0.1, 0.15) is 11.3 Å². The maximum absolute atomic E-state index is 14.5. The first-order valence-corrected chi connectivity index (χ1v) is 9.90. The second-order valence-electron chi connectivity index (χ2n) is 8.00. The predicted molar refractivity (Wildman–Crippen MR) is 106 cm³/mol. The van der Waals surface area contributed by atoms with E-state index in [1.54, 1.807) is 20.8 Å². The number of rotatable bonds is 5. The van der Waals surface area contributed by atoms with Gasteiger partial charge in [0.15, 0.2) is 11.6 Å². The predicted octanol–water partition coefficient (Wildman–Crippen LogP) is 4.11. The number of nitrogens with one attached hydrogen (secondary N) is 1. The lowest BCUT2D eigenvalue weighted by Crippen LogP contribution is -2.49. The number of aromatic nitrogens is 2. The summed E-state index contributed by atoms with van der Waals surface area (Å²) < 4.78 is 46.4. The molecule has 0 unspecified atom stereocenters. The van der Waals surface area contributed by atoms with Gasteiger partial charge in [-0.15, -0.1) is 0 Å². The smallest absolute Gasteiger partial charge is 0.407 e. The third-order valence-corrected chi connectivity index (χ3v) is 4.65. The summed E-state index contributed by atoms with van der Waals surface area (Å²) in [5.41, 5.74) is -0.708. The quantitative estimate of drug-likeness (QED) is 0.752. The summed E-state index contributed by atoms with van der Waals surface area (Å²) in [5, 5.41) is 6.98. The lowest BCUT2D eigenvalue weighted by molar-refractivity contribution is 0.00388. The van der Waals surface area contributed by atoms with Gasteiger partial charge in [0.25, 0.3) is 0 Å². The van der Waals surface area contributed by atoms with Crippen molar-refractivity contribution in [3.05, 3.63) is 41.2 Å². The highest BCUT2D eigenvalue weighted by Gasteiger charge is 2.30. The molecule has 7 nitrogen and oxygen atoms in total. The zero-order chi connectivity index (χ0) is 21.9. The van der Waals surface area contributed by atoms with Crippen LogP contribution in [0, 0.1) is 17.6 Å². The number of hydrogen-bond acceptors (Lipinski definition) is 5. The first-order chi connectivity index (χ1) is 14.1. The maximum atomic E-state index is 14.5. The number of nitrogens with zero attached hydrogens (tertiary/aromatic N) is 2. The van der Waals surface area contributed by atoms with Crippen molar-refractivity contribution < 1.29 is 27.8 Å². The van der Waals surface area contributed by atoms with Gasteiger partial charge in [0.2, 0.25) is 5.82 Å². The molecule has 1 aliphatic heterocycles. The van der Waals surface area contributed by atoms with Crippen LogP contribution in [0.4, 0.5) is 13.6 Å². The summed E-state index contributed by atoms with van der Waals surface area (Å²) in [6.45, 7) is 6.14. The molecule has 0 saturated carbocycles. The summed E-state index contributed by atoms with van der Waals surface area (Å²) in [6, 6.07) is 2.40. The molecule has 1 saturated heterocycles. The number of amides is 1. The molecule has 0 bridgehead atoms. The van der Waals surface area contributed by atoms with Gasteiger partial charge < -0.3 is 19.5 Å². The first-order valence-electron chi connectivity index (χ1n) is 9.52. The van der Waals surface area contributed by atoms with Crippen molar-refractivity contribution in [2.75, 3.05) is 19.8 Å². The van der Waals surface area contributed by atoms with Crippen LogP contribution in [0.25, 0.3) is 5.69 Å². The average molecular weight is 444 g/mol. The van der Waals surface area contributed by atoms with Gasteiger partial charge in [0.05, 0.1) is 24.4 Å². The molecule has 1 fully saturated rings. The Bertz CT molecular complexity index is 901. The molecule has 30 heavy (non-hydrogen) atoms. The van der Waals surface area contributed by atoms with Gasteiger partial charge in [0, 0.05) is 24.8 Å². The molecule has 2 aromatic rings. The number of halogens is 3. The van der Waals surface area contributed by atoms with Crippen molar-refractivity contribution >= 4 is 17.7 Å². The molecule has 1 aromatic heterocycles. The molecule has 164 valence electrons. The third-order valence-electron chi connectivity index (χ3n) is 4.45. The van der Waals surface area contributed by atoms with Crippen LogP contribution >= 0.6 is 11.6 Å². The van der Waals surface area contributed by atoms with E-state index in [-0.39, 0.29) is 30.0 Å². The molecular weight excluding hydrogens is 420 g/mol. The van der Waals surface area contributed by atoms with Gasteiger partial charge in [-0.25, -0.2) is 13.9 Å². The van der Waals surface area contributed by atoms with E-state index in [9.17, 15) is 13.6 Å². The Labute approximate surface area is 178 Å². The summed E-state index contributed by atoms with van der Waals surface area (Å²) >= 11 is 5.78. The Morgan fingerprint density at radius 2 is 2.13 bits per heavy atom. The largest absolute Gasteiger partial charge is 0.490 e. The van der Waals surface area contributed by atoms with Crippen LogP contribution in [0.5, 0.6) is 5.75 Å². The molecule has 1 amide bonds. The SMILES string of the molecule is CC(C)(C)OC(=O)N[C@H]1CCOC[C@@H]1COc1ccc(-n2cc(Cl)cn2)c(F)c1F. The van der Waals surface area contributed by atoms with E-state index in [0.29, 0.717) is 24.7 Å². The van der Waals surface area contributed by atoms with Crippen LogP contribution in [0.3, 0.4) is 0 Å². The molecule has 0 spiro atoms. The van der Waals surface area contributed by atoms with Crippen LogP contribution < -0.4 is 10.1 Å². The van der Waals surface area contributed by atoms with Crippen molar-refractivity contribution in [3.8, 4) is 11.4 Å². The summed E-state index contributed by atoms with van der Waals surface area (Å²) in [6.07, 6.45) is 2.71. The van der Waals surface area contributed by atoms with Gasteiger partial charge >= 0.3 is 6.09 Å². The fraction of sp³-hybridized carbons (Fsp3) is 0.500. The highest BCUT2D eigenvalue weighted by Crippen LogP contribution is 2.27. The van der Waals surface area contributed by atoms with Gasteiger partial charge in [-0.1, -0.05) is 11.6 Å². The summed E-state index contributed by atoms with van der Waals surface area (Å²) in [7, 11) is 0. The van der Waals surface area contributed by atoms with Gasteiger partial charge in [-0.2, -0.15) is 9.49 Å². The van der Waals surface area contributed by atoms with E-state index in [2.05, 4.69) is 10.4 Å². The normalized spacial score (nSPS) is 19.4. The third kappa shape index (κ3) is 5.60. The molecule has 2 heterocycles. The van der Waals surface area contributed by atoms with Crippen molar-refractivity contribution in [3.63, 3.8) is 0 Å². The highest BCUT2D eigenvalue weighted by molar-refractivity contribution is 6.30. The molecular formula is C20H24ClF2N3O4. The first kappa shape index (κ1) is 22.3. The zero-order valence-electron chi connectivity index (χ0n) is 17.0. The van der Waals surface area contributed by atoms with Crippen LogP contribution in [0.15, 0.2) is 24.5 Å². The molecule has 1 N–H and O–H groups in total. The minimum Gasteiger partial charge on any atom is -0.490 e. The van der Waals surface area contributed by atoms with E-state index in [1.807, 2.05) is 0 Å². The molecule has 0 aliphatic carbocycles. The Hall–Kier alpha value is -2.39. The van der Waals surface area contributed by atoms with Crippen molar-refractivity contribution in [1.29, 1.82) is 0 Å². The topological polar surface area (TPSA) is 74.6 Å². The molecule has 0 radical (unpaired) electrons. The van der Waals surface area contributed by atoms with Crippen LogP contribution in [-0.2, 0) is 9.47 Å². The lowest BCUT2D eigenvalue weighted by Gasteiger charge is -2.32. The van der Waals surface area contributed by atoms with Crippen LogP contribution in [-0.4, -0.2) is 47.3 Å². The van der Waals surface area contributed by atoms with Crippen LogP contribution in [0.1, 0.15) is 27.2 Å². The number of hydrogen-bond donors (Lipinski definition) is 1. The fourth-order valence-corrected chi connectivity index (χ4v) is 3.19. The standard InChI is InChI=1S/C20H24ClF2N3O4/c1-20(2,3)30-19(27)25-14-6-7-28-10-12(14)11-29-16-5-4-15(17(22)18(16)23)26-9-13(21)8-24-26/h4-5,8-9,12,14H,6-7,10-11H2,1-3H3,(H,25,27)/t12-,14+/m1/s1. The number of benzene rings is 1. The molecule has 10 heteroatoms. The van der Waals surface area contributed by atoms with E-state index in [1.165, 1.54) is 24.5 Å². The second-order valence-corrected chi connectivity index (χ2v) is 8.44. The van der Waals surface area contributed by atoms with E-state index < -0.39 is 23.3 Å². The summed E-state index contributed by atoms with van der Waals surface area (Å²) in [5.74, 6) is -2.72. The maximum Gasteiger partial charge on any atom is 0.407 e. The summed E-state index contributed by atoms with van der Waals surface area (Å²) in [4.78, 5) is 12.1. The number of alkyl carbamates (subject to hydrolysis) is 1. The zero-order valence-corrected chi connectivity index (χ0v) is 17.7. The fourth-order valence-electron chi connectivity index (χ4n) is 3.05. The Kier molecular flexibility index (Phi) is 6.82. The molecule has 2 atom stereocenters. The highest BCUT2D eigenvalue weighted by atomic mass is 35.5. The minimum atomic E-state index is -1.13. The Morgan fingerprint density at radius 3 is 2.80 bits per heavy atom. The number of carbonyl (C=O) groups is 1. The Balaban J connectivity index is 1.66. The molecule has 3 rings (SSSR count). The molecule has 1 aromatic carbocycles. The minimum absolute atomic E-state index is 0.0315. The Morgan fingerprint density at radius 1 is 1.37 bits per heavy atom. The van der Waals surface area contributed by atoms with E-state index in [4.69, 9.17) is 25.8 Å². The van der Waals surface area contributed by atoms with Crippen molar-refractivity contribution in [1.82, 2.24) is 15.1 Å². The van der Waals surface area contributed by atoms with Gasteiger partial charge in [-0.3, -0.25) is 0 Å². The van der Waals surface area contributed by atoms with E-state index in [0.717, 1.165) is 4.68 Å². The number of carbonyl (C=O) groups excluding carboxylic acids is 1. The van der Waals surface area contributed by atoms with Gasteiger partial charge in [-0.05, 0) is 39.3 Å². The van der Waals surface area contributed by atoms with Crippen molar-refractivity contribution in [2.45, 2.75) is 38.8 Å². The van der Waals surface area contributed by atoms with Crippen molar-refractivity contribution in [2.24, 2.45) is 5.92 Å².